The maximum Gasteiger partial charge on any atom is 0.258 e. The number of carbonyl (C=O) groups is 1. The fourth-order valence-corrected chi connectivity index (χ4v) is 6.68. The Hall–Kier alpha value is -1.24. The third kappa shape index (κ3) is 2.87. The molecule has 1 amide bonds. The van der Waals surface area contributed by atoms with E-state index in [-0.39, 0.29) is 5.91 Å². The first-order chi connectivity index (χ1) is 13.5. The molecular weight excluding hydrogens is 372 g/mol. The van der Waals surface area contributed by atoms with Gasteiger partial charge < -0.3 is 4.89 Å². The fourth-order valence-electron chi connectivity index (χ4n) is 6.54. The van der Waals surface area contributed by atoms with E-state index in [0.717, 1.165) is 23.1 Å². The van der Waals surface area contributed by atoms with Crippen LogP contribution in [0.3, 0.4) is 0 Å². The van der Waals surface area contributed by atoms with Crippen LogP contribution in [0.25, 0.3) is 0 Å². The summed E-state index contributed by atoms with van der Waals surface area (Å²) >= 11 is 1.18. The zero-order chi connectivity index (χ0) is 19.5. The van der Waals surface area contributed by atoms with Gasteiger partial charge in [0.1, 0.15) is 5.54 Å². The van der Waals surface area contributed by atoms with Crippen molar-refractivity contribution in [2.75, 3.05) is 6.26 Å². The average Bonchev–Trinajstić information content (AvgIpc) is 2.68. The molecule has 5 aliphatic rings. The molecule has 1 aliphatic heterocycles. The van der Waals surface area contributed by atoms with E-state index in [1.807, 2.05) is 38.3 Å². The molecule has 28 heavy (non-hydrogen) atoms. The third-order valence-electron chi connectivity index (χ3n) is 7.58. The van der Waals surface area contributed by atoms with E-state index in [0.29, 0.717) is 24.4 Å². The van der Waals surface area contributed by atoms with E-state index in [2.05, 4.69) is 16.1 Å². The van der Waals surface area contributed by atoms with Crippen LogP contribution in [-0.2, 0) is 15.7 Å². The van der Waals surface area contributed by atoms with Gasteiger partial charge in [0, 0.05) is 30.4 Å². The van der Waals surface area contributed by atoms with Crippen LogP contribution in [0.2, 0.25) is 0 Å². The van der Waals surface area contributed by atoms with Gasteiger partial charge in [-0.05, 0) is 75.7 Å². The molecule has 1 aromatic rings. The van der Waals surface area contributed by atoms with Crippen LogP contribution < -0.4 is 4.89 Å². The maximum atomic E-state index is 13.2. The maximum absolute atomic E-state index is 13.2. The van der Waals surface area contributed by atoms with E-state index < -0.39 is 5.54 Å². The van der Waals surface area contributed by atoms with E-state index in [1.54, 1.807) is 0 Å². The average molecular weight is 403 g/mol. The Morgan fingerprint density at radius 3 is 2.36 bits per heavy atom. The Labute approximate surface area is 171 Å². The smallest absolute Gasteiger partial charge is 0.258 e. The topological polar surface area (TPSA) is 42.0 Å². The molecular formula is C22H30N2O3S. The molecule has 0 atom stereocenters. The van der Waals surface area contributed by atoms with Gasteiger partial charge in [-0.25, -0.2) is 0 Å². The van der Waals surface area contributed by atoms with Crippen LogP contribution in [0.1, 0.15) is 51.5 Å². The molecule has 4 aliphatic carbocycles. The standard InChI is InChI=1S/C22H30N2O3S/c1-22(2)21(25)24(20-17-9-14-8-15(11-17)12-18(20)10-14)23(22)13-16-6-4-5-7-19(16)26-27-28-3/h4-7,14-15,17-18,20H,8-13H2,1-3H3. The van der Waals surface area contributed by atoms with Crippen LogP contribution in [0.5, 0.6) is 5.75 Å². The highest BCUT2D eigenvalue weighted by atomic mass is 32.2. The zero-order valence-electron chi connectivity index (χ0n) is 17.0. The van der Waals surface area contributed by atoms with Gasteiger partial charge in [0.25, 0.3) is 5.91 Å². The zero-order valence-corrected chi connectivity index (χ0v) is 17.8. The fraction of sp³-hybridized carbons (Fsp3) is 0.682. The molecule has 6 heteroatoms. The molecule has 0 unspecified atom stereocenters. The Balaban J connectivity index is 1.40. The molecule has 1 heterocycles. The Morgan fingerprint density at radius 1 is 1.07 bits per heavy atom. The van der Waals surface area contributed by atoms with Crippen molar-refractivity contribution in [3.63, 3.8) is 0 Å². The Bertz CT molecular complexity index is 740. The van der Waals surface area contributed by atoms with Crippen molar-refractivity contribution in [2.45, 2.75) is 64.1 Å². The van der Waals surface area contributed by atoms with Gasteiger partial charge in [0.15, 0.2) is 5.75 Å². The van der Waals surface area contributed by atoms with Crippen LogP contribution in [-0.4, -0.2) is 33.8 Å². The summed E-state index contributed by atoms with van der Waals surface area (Å²) in [6.07, 6.45) is 8.53. The molecule has 0 N–H and O–H groups in total. The number of carbonyl (C=O) groups excluding carboxylic acids is 1. The summed E-state index contributed by atoms with van der Waals surface area (Å²) in [6.45, 7) is 4.75. The lowest BCUT2D eigenvalue weighted by molar-refractivity contribution is -0.252. The van der Waals surface area contributed by atoms with Gasteiger partial charge in [0.2, 0.25) is 0 Å². The number of hydrogen-bond donors (Lipinski definition) is 0. The monoisotopic (exact) mass is 402 g/mol. The summed E-state index contributed by atoms with van der Waals surface area (Å²) in [6, 6.07) is 8.34. The predicted molar refractivity (Wildman–Crippen MR) is 109 cm³/mol. The minimum atomic E-state index is -0.470. The van der Waals surface area contributed by atoms with Crippen molar-refractivity contribution in [3.05, 3.63) is 29.8 Å². The molecule has 5 nitrogen and oxygen atoms in total. The molecule has 5 fully saturated rings. The van der Waals surface area contributed by atoms with Crippen molar-refractivity contribution in [1.29, 1.82) is 0 Å². The molecule has 0 radical (unpaired) electrons. The lowest BCUT2D eigenvalue weighted by Gasteiger charge is -2.65. The summed E-state index contributed by atoms with van der Waals surface area (Å²) in [5, 5.41) is 4.42. The number of benzene rings is 1. The number of para-hydroxylation sites is 1. The molecule has 0 spiro atoms. The Kier molecular flexibility index (Phi) is 4.64. The number of amides is 1. The summed E-state index contributed by atoms with van der Waals surface area (Å²) < 4.78 is 5.10. The predicted octanol–water partition coefficient (Wildman–Crippen LogP) is 4.44. The highest BCUT2D eigenvalue weighted by molar-refractivity contribution is 7.93. The van der Waals surface area contributed by atoms with E-state index in [1.165, 1.54) is 44.1 Å². The molecule has 1 saturated heterocycles. The lowest BCUT2D eigenvalue weighted by atomic mass is 9.53. The minimum absolute atomic E-state index is 0.281. The summed E-state index contributed by atoms with van der Waals surface area (Å²) in [4.78, 5) is 18.6. The van der Waals surface area contributed by atoms with Crippen LogP contribution >= 0.6 is 12.0 Å². The molecule has 1 aromatic carbocycles. The van der Waals surface area contributed by atoms with Crippen molar-refractivity contribution in [2.24, 2.45) is 23.7 Å². The quantitative estimate of drug-likeness (QED) is 0.400. The molecule has 4 saturated carbocycles. The Morgan fingerprint density at radius 2 is 1.71 bits per heavy atom. The second-order valence-corrected chi connectivity index (χ2v) is 10.1. The van der Waals surface area contributed by atoms with Crippen molar-refractivity contribution >= 4 is 17.9 Å². The van der Waals surface area contributed by atoms with E-state index >= 15 is 0 Å². The first kappa shape index (κ1) is 18.8. The van der Waals surface area contributed by atoms with Gasteiger partial charge >= 0.3 is 0 Å². The van der Waals surface area contributed by atoms with Crippen molar-refractivity contribution in [1.82, 2.24) is 10.0 Å². The van der Waals surface area contributed by atoms with Gasteiger partial charge in [-0.3, -0.25) is 9.80 Å². The lowest BCUT2D eigenvalue weighted by Crippen LogP contribution is -2.79. The largest absolute Gasteiger partial charge is 0.325 e. The van der Waals surface area contributed by atoms with Crippen LogP contribution in [0.15, 0.2) is 24.3 Å². The number of nitrogens with zero attached hydrogens (tertiary/aromatic N) is 2. The van der Waals surface area contributed by atoms with Gasteiger partial charge in [-0.15, -0.1) is 4.33 Å². The normalized spacial score (nSPS) is 35.9. The second-order valence-electron chi connectivity index (χ2n) is 9.61. The number of hydrazine groups is 1. The van der Waals surface area contributed by atoms with Crippen LogP contribution in [0.4, 0.5) is 0 Å². The van der Waals surface area contributed by atoms with E-state index in [4.69, 9.17) is 9.22 Å². The molecule has 6 rings (SSSR count). The summed E-state index contributed by atoms with van der Waals surface area (Å²) in [7, 11) is 0. The number of rotatable bonds is 6. The minimum Gasteiger partial charge on any atom is -0.325 e. The van der Waals surface area contributed by atoms with Gasteiger partial charge in [-0.1, -0.05) is 18.2 Å². The third-order valence-corrected chi connectivity index (χ3v) is 7.78. The second kappa shape index (κ2) is 6.92. The molecule has 0 aromatic heterocycles. The molecule has 4 bridgehead atoms. The van der Waals surface area contributed by atoms with E-state index in [9.17, 15) is 4.79 Å². The number of hydrogen-bond acceptors (Lipinski definition) is 5. The van der Waals surface area contributed by atoms with Gasteiger partial charge in [0.05, 0.1) is 6.04 Å². The SMILES string of the molecule is CSOOc1ccccc1CN1N(C2C3CC4CC(C3)CC2C4)C(=O)C1(C)C. The highest BCUT2D eigenvalue weighted by Crippen LogP contribution is 2.57. The first-order valence-corrected chi connectivity index (χ1v) is 11.7. The van der Waals surface area contributed by atoms with Crippen molar-refractivity contribution in [3.8, 4) is 5.75 Å². The van der Waals surface area contributed by atoms with Gasteiger partial charge in [-0.2, -0.15) is 5.01 Å². The molecule has 152 valence electrons. The van der Waals surface area contributed by atoms with Crippen molar-refractivity contribution < 1.29 is 14.0 Å². The first-order valence-electron chi connectivity index (χ1n) is 10.6. The summed E-state index contributed by atoms with van der Waals surface area (Å²) in [5.74, 6) is 4.19. The highest BCUT2D eigenvalue weighted by Gasteiger charge is 2.60. The summed E-state index contributed by atoms with van der Waals surface area (Å²) in [5.41, 5.74) is 0.577. The van der Waals surface area contributed by atoms with Crippen LogP contribution in [0, 0.1) is 23.7 Å².